The molecule has 1 aromatic heterocycles. The van der Waals surface area contributed by atoms with Crippen LogP contribution in [0.5, 0.6) is 0 Å². The number of aromatic nitrogens is 2. The Morgan fingerprint density at radius 3 is 2.43 bits per heavy atom. The van der Waals surface area contributed by atoms with E-state index in [0.29, 0.717) is 50.3 Å². The van der Waals surface area contributed by atoms with E-state index in [1.54, 1.807) is 24.3 Å². The monoisotopic (exact) mass is 630 g/mol. The Morgan fingerprint density at radius 1 is 1.11 bits per heavy atom. The highest BCUT2D eigenvalue weighted by molar-refractivity contribution is 6.31. The molecule has 1 saturated carbocycles. The second kappa shape index (κ2) is 11.8. The second-order valence-corrected chi connectivity index (χ2v) is 11.4. The standard InChI is InChI=1S/C29H30ClF3N8O3/c1-40(21-12-17(29(31,32)33)11-18(30)13-21)27(44)38-20-3-2-10-41(15-20)22-14-36-23(24(34)42)25(39-22)37-19-6-4-16(5-7-19)28(8-9-28)26(35)43/h4-7,11-14,20H,2-3,8-10,15H2,1H3,(H2,34,42)(H2,35,43)(H,37,39)(H,38,44). The first kappa shape index (κ1) is 30.9. The number of anilines is 4. The predicted octanol–water partition coefficient (Wildman–Crippen LogP) is 4.32. The Morgan fingerprint density at radius 2 is 1.82 bits per heavy atom. The number of hydrogen-bond donors (Lipinski definition) is 4. The van der Waals surface area contributed by atoms with Crippen molar-refractivity contribution in [2.75, 3.05) is 35.3 Å². The van der Waals surface area contributed by atoms with Crippen LogP contribution in [0.2, 0.25) is 5.02 Å². The van der Waals surface area contributed by atoms with Gasteiger partial charge < -0.3 is 27.0 Å². The topological polar surface area (TPSA) is 160 Å². The van der Waals surface area contributed by atoms with E-state index < -0.39 is 29.1 Å². The van der Waals surface area contributed by atoms with Gasteiger partial charge in [-0.25, -0.2) is 14.8 Å². The number of piperidine rings is 1. The molecule has 1 unspecified atom stereocenters. The van der Waals surface area contributed by atoms with Gasteiger partial charge in [0, 0.05) is 42.6 Å². The SMILES string of the molecule is CN(C(=O)NC1CCCN(c2cnc(C(N)=O)c(Nc3ccc(C4(C(N)=O)CC4)cc3)n2)C1)c1cc(Cl)cc(C(F)(F)F)c1. The fourth-order valence-electron chi connectivity index (χ4n) is 5.23. The maximum absolute atomic E-state index is 13.3. The van der Waals surface area contributed by atoms with Gasteiger partial charge in [-0.15, -0.1) is 0 Å². The molecular formula is C29H30ClF3N8O3. The van der Waals surface area contributed by atoms with Gasteiger partial charge in [0.25, 0.3) is 5.91 Å². The largest absolute Gasteiger partial charge is 0.416 e. The summed E-state index contributed by atoms with van der Waals surface area (Å²) in [5, 5.41) is 5.79. The van der Waals surface area contributed by atoms with E-state index in [0.717, 1.165) is 22.6 Å². The average molecular weight is 631 g/mol. The molecule has 11 nitrogen and oxygen atoms in total. The summed E-state index contributed by atoms with van der Waals surface area (Å²) in [5.74, 6) is -0.589. The third kappa shape index (κ3) is 6.49. The van der Waals surface area contributed by atoms with Crippen LogP contribution in [0.4, 0.5) is 41.0 Å². The second-order valence-electron chi connectivity index (χ2n) is 10.9. The quantitative estimate of drug-likeness (QED) is 0.288. The fraction of sp³-hybridized carbons (Fsp3) is 0.345. The zero-order valence-corrected chi connectivity index (χ0v) is 24.4. The van der Waals surface area contributed by atoms with Gasteiger partial charge in [-0.3, -0.25) is 14.5 Å². The summed E-state index contributed by atoms with van der Waals surface area (Å²) < 4.78 is 39.8. The number of hydrogen-bond acceptors (Lipinski definition) is 7. The number of carbonyl (C=O) groups is 3. The smallest absolute Gasteiger partial charge is 0.369 e. The molecule has 0 spiro atoms. The van der Waals surface area contributed by atoms with Crippen molar-refractivity contribution in [2.45, 2.75) is 43.3 Å². The van der Waals surface area contributed by atoms with E-state index in [4.69, 9.17) is 23.1 Å². The summed E-state index contributed by atoms with van der Waals surface area (Å²) in [7, 11) is 1.36. The van der Waals surface area contributed by atoms with E-state index in [2.05, 4.69) is 20.6 Å². The molecule has 1 atom stereocenters. The van der Waals surface area contributed by atoms with Gasteiger partial charge >= 0.3 is 12.2 Å². The first-order chi connectivity index (χ1) is 20.8. The molecule has 1 aliphatic heterocycles. The molecule has 44 heavy (non-hydrogen) atoms. The average Bonchev–Trinajstić information content (AvgIpc) is 3.79. The number of rotatable bonds is 8. The van der Waals surface area contributed by atoms with Gasteiger partial charge in [0.1, 0.15) is 5.82 Å². The highest BCUT2D eigenvalue weighted by Gasteiger charge is 2.49. The number of urea groups is 1. The van der Waals surface area contributed by atoms with E-state index >= 15 is 0 Å². The fourth-order valence-corrected chi connectivity index (χ4v) is 5.46. The van der Waals surface area contributed by atoms with Crippen molar-refractivity contribution in [1.29, 1.82) is 0 Å². The van der Waals surface area contributed by atoms with Crippen molar-refractivity contribution >= 4 is 52.5 Å². The zero-order chi connectivity index (χ0) is 31.8. The third-order valence-electron chi connectivity index (χ3n) is 7.89. The minimum atomic E-state index is -4.62. The maximum Gasteiger partial charge on any atom is 0.416 e. The molecule has 2 fully saturated rings. The van der Waals surface area contributed by atoms with E-state index in [1.165, 1.54) is 19.3 Å². The lowest BCUT2D eigenvalue weighted by atomic mass is 9.95. The molecule has 15 heteroatoms. The number of halogens is 4. The molecule has 3 aromatic rings. The Bertz CT molecular complexity index is 1600. The number of benzene rings is 2. The van der Waals surface area contributed by atoms with Crippen LogP contribution < -0.4 is 31.9 Å². The molecular weight excluding hydrogens is 601 g/mol. The normalized spacial score (nSPS) is 17.5. The van der Waals surface area contributed by atoms with Crippen LogP contribution in [0, 0.1) is 0 Å². The predicted molar refractivity (Wildman–Crippen MR) is 159 cm³/mol. The number of amides is 4. The van der Waals surface area contributed by atoms with Gasteiger partial charge in [-0.05, 0) is 61.6 Å². The van der Waals surface area contributed by atoms with E-state index in [1.807, 2.05) is 4.90 Å². The van der Waals surface area contributed by atoms with Gasteiger partial charge in [-0.1, -0.05) is 23.7 Å². The van der Waals surface area contributed by atoms with Crippen molar-refractivity contribution in [3.05, 3.63) is 70.5 Å². The van der Waals surface area contributed by atoms with Crippen molar-refractivity contribution in [3.63, 3.8) is 0 Å². The molecule has 1 aliphatic carbocycles. The highest BCUT2D eigenvalue weighted by Crippen LogP contribution is 2.48. The number of primary amides is 2. The summed E-state index contributed by atoms with van der Waals surface area (Å²) in [4.78, 5) is 48.7. The van der Waals surface area contributed by atoms with Crippen molar-refractivity contribution < 1.29 is 27.6 Å². The lowest BCUT2D eigenvalue weighted by Crippen LogP contribution is -2.51. The molecule has 2 aromatic carbocycles. The molecule has 2 heterocycles. The molecule has 6 N–H and O–H groups in total. The number of nitrogens with two attached hydrogens (primary N) is 2. The van der Waals surface area contributed by atoms with Crippen molar-refractivity contribution in [1.82, 2.24) is 15.3 Å². The van der Waals surface area contributed by atoms with E-state index in [9.17, 15) is 27.6 Å². The molecule has 0 bridgehead atoms. The van der Waals surface area contributed by atoms with Crippen LogP contribution in [0.1, 0.15) is 47.3 Å². The molecule has 1 saturated heterocycles. The maximum atomic E-state index is 13.3. The summed E-state index contributed by atoms with van der Waals surface area (Å²) in [6.07, 6.45) is -0.513. The van der Waals surface area contributed by atoms with Gasteiger partial charge in [0.15, 0.2) is 11.5 Å². The molecule has 2 aliphatic rings. The van der Waals surface area contributed by atoms with Crippen LogP contribution in [0.3, 0.4) is 0 Å². The first-order valence-corrected chi connectivity index (χ1v) is 14.2. The summed E-state index contributed by atoms with van der Waals surface area (Å²) in [6.45, 7) is 0.913. The van der Waals surface area contributed by atoms with Gasteiger partial charge in [-0.2, -0.15) is 13.2 Å². The Balaban J connectivity index is 1.29. The lowest BCUT2D eigenvalue weighted by Gasteiger charge is -2.34. The van der Waals surface area contributed by atoms with Crippen LogP contribution in [0.15, 0.2) is 48.7 Å². The minimum absolute atomic E-state index is 0.00595. The lowest BCUT2D eigenvalue weighted by molar-refractivity contribution is -0.137. The first-order valence-electron chi connectivity index (χ1n) is 13.8. The summed E-state index contributed by atoms with van der Waals surface area (Å²) >= 11 is 5.89. The molecule has 232 valence electrons. The Hall–Kier alpha value is -4.59. The van der Waals surface area contributed by atoms with Crippen LogP contribution in [-0.2, 0) is 16.4 Å². The molecule has 0 radical (unpaired) electrons. The number of carbonyl (C=O) groups excluding carboxylic acids is 3. The minimum Gasteiger partial charge on any atom is -0.369 e. The van der Waals surface area contributed by atoms with Gasteiger partial charge in [0.2, 0.25) is 5.91 Å². The van der Waals surface area contributed by atoms with Crippen LogP contribution >= 0.6 is 11.6 Å². The Kier molecular flexibility index (Phi) is 8.30. The van der Waals surface area contributed by atoms with Crippen molar-refractivity contribution in [3.8, 4) is 0 Å². The molecule has 4 amide bonds. The van der Waals surface area contributed by atoms with Gasteiger partial charge in [0.05, 0.1) is 17.2 Å². The van der Waals surface area contributed by atoms with E-state index in [-0.39, 0.29) is 34.2 Å². The number of nitrogens with one attached hydrogen (secondary N) is 2. The summed E-state index contributed by atoms with van der Waals surface area (Å²) in [6, 6.07) is 9.07. The van der Waals surface area contributed by atoms with Crippen molar-refractivity contribution in [2.24, 2.45) is 11.5 Å². The number of nitrogens with zero attached hydrogens (tertiary/aromatic N) is 4. The molecule has 5 rings (SSSR count). The number of alkyl halides is 3. The van der Waals surface area contributed by atoms with Crippen LogP contribution in [-0.4, -0.2) is 54.0 Å². The highest BCUT2D eigenvalue weighted by atomic mass is 35.5. The Labute approximate surface area is 255 Å². The third-order valence-corrected chi connectivity index (χ3v) is 8.11. The zero-order valence-electron chi connectivity index (χ0n) is 23.6. The van der Waals surface area contributed by atoms with Crippen LogP contribution in [0.25, 0.3) is 0 Å². The summed E-state index contributed by atoms with van der Waals surface area (Å²) in [5.41, 5.74) is 10.8.